The SMILES string of the molecule is IC1CC2CC12. The Morgan fingerprint density at radius 2 is 2.17 bits per heavy atom. The molecule has 0 radical (unpaired) electrons. The van der Waals surface area contributed by atoms with E-state index >= 15 is 0 Å². The van der Waals surface area contributed by atoms with E-state index in [2.05, 4.69) is 22.6 Å². The molecule has 6 heavy (non-hydrogen) atoms. The highest BCUT2D eigenvalue weighted by Gasteiger charge is 2.51. The molecule has 2 aliphatic rings. The number of alkyl halides is 1. The van der Waals surface area contributed by atoms with Crippen LogP contribution in [0.15, 0.2) is 0 Å². The lowest BCUT2D eigenvalue weighted by Crippen LogP contribution is -2.13. The molecule has 0 aliphatic heterocycles. The van der Waals surface area contributed by atoms with Crippen LogP contribution in [0.1, 0.15) is 12.8 Å². The number of hydrogen-bond acceptors (Lipinski definition) is 0. The van der Waals surface area contributed by atoms with Crippen LogP contribution in [0.4, 0.5) is 0 Å². The second-order valence-corrected chi connectivity index (χ2v) is 4.01. The van der Waals surface area contributed by atoms with Crippen LogP contribution in [-0.2, 0) is 0 Å². The average Bonchev–Trinajstić information content (AvgIpc) is 2.12. The Morgan fingerprint density at radius 1 is 1.33 bits per heavy atom. The van der Waals surface area contributed by atoms with E-state index in [9.17, 15) is 0 Å². The third kappa shape index (κ3) is 0.303. The van der Waals surface area contributed by atoms with E-state index in [0.29, 0.717) is 0 Å². The van der Waals surface area contributed by atoms with Gasteiger partial charge in [0.1, 0.15) is 0 Å². The maximum Gasteiger partial charge on any atom is 0.0143 e. The summed E-state index contributed by atoms with van der Waals surface area (Å²) < 4.78 is 1.08. The zero-order valence-electron chi connectivity index (χ0n) is 3.52. The summed E-state index contributed by atoms with van der Waals surface area (Å²) in [6.45, 7) is 0. The molecule has 2 rings (SSSR count). The molecule has 2 aliphatic carbocycles. The van der Waals surface area contributed by atoms with Gasteiger partial charge in [-0.25, -0.2) is 0 Å². The smallest absolute Gasteiger partial charge is 0.0143 e. The molecule has 2 saturated carbocycles. The molecule has 0 saturated heterocycles. The summed E-state index contributed by atoms with van der Waals surface area (Å²) in [5.41, 5.74) is 0. The van der Waals surface area contributed by atoms with Gasteiger partial charge in [-0.15, -0.1) is 0 Å². The van der Waals surface area contributed by atoms with Gasteiger partial charge in [-0.3, -0.25) is 0 Å². The van der Waals surface area contributed by atoms with Crippen LogP contribution in [0.25, 0.3) is 0 Å². The molecule has 0 spiro atoms. The topological polar surface area (TPSA) is 0 Å². The lowest BCUT2D eigenvalue weighted by molar-refractivity contribution is 0.504. The molecule has 1 heteroatoms. The number of halogens is 1. The van der Waals surface area contributed by atoms with Crippen molar-refractivity contribution in [2.24, 2.45) is 11.8 Å². The summed E-state index contributed by atoms with van der Waals surface area (Å²) in [4.78, 5) is 0. The zero-order chi connectivity index (χ0) is 4.15. The van der Waals surface area contributed by atoms with Crippen LogP contribution in [0.5, 0.6) is 0 Å². The lowest BCUT2D eigenvalue weighted by Gasteiger charge is -2.16. The standard InChI is InChI=1S/C5H7I/c6-5-2-3-1-4(3)5/h3-5H,1-2H2. The van der Waals surface area contributed by atoms with Crippen LogP contribution >= 0.6 is 22.6 Å². The van der Waals surface area contributed by atoms with Gasteiger partial charge in [-0.05, 0) is 24.7 Å². The molecule has 0 amide bonds. The Balaban J connectivity index is 2.08. The van der Waals surface area contributed by atoms with Crippen molar-refractivity contribution in [3.8, 4) is 0 Å². The maximum atomic E-state index is 2.56. The zero-order valence-corrected chi connectivity index (χ0v) is 5.68. The second kappa shape index (κ2) is 0.932. The van der Waals surface area contributed by atoms with Crippen molar-refractivity contribution in [1.29, 1.82) is 0 Å². The van der Waals surface area contributed by atoms with Crippen molar-refractivity contribution in [2.75, 3.05) is 0 Å². The van der Waals surface area contributed by atoms with E-state index in [1.54, 1.807) is 6.42 Å². The predicted molar refractivity (Wildman–Crippen MR) is 34.0 cm³/mol. The van der Waals surface area contributed by atoms with Gasteiger partial charge in [-0.2, -0.15) is 0 Å². The molecule has 0 nitrogen and oxygen atoms in total. The molecule has 3 unspecified atom stereocenters. The van der Waals surface area contributed by atoms with Crippen molar-refractivity contribution < 1.29 is 0 Å². The molecular formula is C5H7I. The van der Waals surface area contributed by atoms with E-state index < -0.39 is 0 Å². The summed E-state index contributed by atoms with van der Waals surface area (Å²) in [6.07, 6.45) is 3.10. The van der Waals surface area contributed by atoms with Crippen molar-refractivity contribution in [2.45, 2.75) is 16.8 Å². The fourth-order valence-corrected chi connectivity index (χ4v) is 2.79. The van der Waals surface area contributed by atoms with Crippen molar-refractivity contribution in [3.63, 3.8) is 0 Å². The highest BCUT2D eigenvalue weighted by molar-refractivity contribution is 14.1. The van der Waals surface area contributed by atoms with E-state index in [1.807, 2.05) is 0 Å². The summed E-state index contributed by atoms with van der Waals surface area (Å²) in [5, 5.41) is 0. The Hall–Kier alpha value is 0.730. The molecule has 34 valence electrons. The molecule has 0 aromatic heterocycles. The van der Waals surface area contributed by atoms with Crippen LogP contribution in [0, 0.1) is 11.8 Å². The van der Waals surface area contributed by atoms with Crippen molar-refractivity contribution in [1.82, 2.24) is 0 Å². The Labute approximate surface area is 51.4 Å². The summed E-state index contributed by atoms with van der Waals surface area (Å²) in [7, 11) is 0. The van der Waals surface area contributed by atoms with Gasteiger partial charge in [0.05, 0.1) is 0 Å². The minimum absolute atomic E-state index is 1.08. The monoisotopic (exact) mass is 194 g/mol. The van der Waals surface area contributed by atoms with E-state index in [-0.39, 0.29) is 0 Å². The van der Waals surface area contributed by atoms with Gasteiger partial charge in [0.25, 0.3) is 0 Å². The molecule has 0 aromatic rings. The second-order valence-electron chi connectivity index (χ2n) is 2.41. The van der Waals surface area contributed by atoms with E-state index in [0.717, 1.165) is 3.92 Å². The number of hydrogen-bond donors (Lipinski definition) is 0. The normalized spacial score (nSPS) is 62.5. The molecule has 0 heterocycles. The third-order valence-corrected chi connectivity index (χ3v) is 3.40. The number of rotatable bonds is 0. The first-order valence-corrected chi connectivity index (χ1v) is 3.76. The van der Waals surface area contributed by atoms with Gasteiger partial charge >= 0.3 is 0 Å². The van der Waals surface area contributed by atoms with E-state index in [4.69, 9.17) is 0 Å². The van der Waals surface area contributed by atoms with Gasteiger partial charge in [0.2, 0.25) is 0 Å². The Kier molecular flexibility index (Phi) is 0.574. The van der Waals surface area contributed by atoms with Gasteiger partial charge < -0.3 is 0 Å². The average molecular weight is 194 g/mol. The predicted octanol–water partition coefficient (Wildman–Crippen LogP) is 1.83. The molecule has 0 bridgehead atoms. The molecule has 3 atom stereocenters. The summed E-state index contributed by atoms with van der Waals surface area (Å²) >= 11 is 2.56. The van der Waals surface area contributed by atoms with Gasteiger partial charge in [-0.1, -0.05) is 22.6 Å². The quantitative estimate of drug-likeness (QED) is 0.407. The minimum atomic E-state index is 1.08. The minimum Gasteiger partial charge on any atom is -0.0823 e. The fourth-order valence-electron chi connectivity index (χ4n) is 1.25. The Bertz CT molecular complexity index is 80.0. The summed E-state index contributed by atoms with van der Waals surface area (Å²) in [6, 6.07) is 0. The summed E-state index contributed by atoms with van der Waals surface area (Å²) in [5.74, 6) is 2.39. The van der Waals surface area contributed by atoms with E-state index in [1.165, 1.54) is 18.3 Å². The highest BCUT2D eigenvalue weighted by atomic mass is 127. The van der Waals surface area contributed by atoms with Crippen LogP contribution < -0.4 is 0 Å². The number of fused-ring (bicyclic) bond motifs is 1. The largest absolute Gasteiger partial charge is 0.0823 e. The fraction of sp³-hybridized carbons (Fsp3) is 1.00. The lowest BCUT2D eigenvalue weighted by atomic mass is 10.0. The van der Waals surface area contributed by atoms with Crippen molar-refractivity contribution >= 4 is 22.6 Å². The maximum absolute atomic E-state index is 2.56. The first-order valence-electron chi connectivity index (χ1n) is 2.52. The van der Waals surface area contributed by atoms with Crippen LogP contribution in [0.3, 0.4) is 0 Å². The van der Waals surface area contributed by atoms with Gasteiger partial charge in [0, 0.05) is 3.92 Å². The third-order valence-electron chi connectivity index (χ3n) is 1.97. The molecule has 2 fully saturated rings. The van der Waals surface area contributed by atoms with Crippen molar-refractivity contribution in [3.05, 3.63) is 0 Å². The van der Waals surface area contributed by atoms with Crippen LogP contribution in [-0.4, -0.2) is 3.92 Å². The first kappa shape index (κ1) is 3.70. The van der Waals surface area contributed by atoms with Crippen LogP contribution in [0.2, 0.25) is 0 Å². The molecular weight excluding hydrogens is 187 g/mol. The van der Waals surface area contributed by atoms with Gasteiger partial charge in [0.15, 0.2) is 0 Å². The highest BCUT2D eigenvalue weighted by Crippen LogP contribution is 2.58. The molecule has 0 N–H and O–H groups in total. The Morgan fingerprint density at radius 3 is 2.17 bits per heavy atom. The molecule has 0 aromatic carbocycles. The first-order chi connectivity index (χ1) is 2.88.